The first kappa shape index (κ1) is 24.0. The topological polar surface area (TPSA) is 114 Å². The number of nitro benzene ring substituents is 1. The van der Waals surface area contributed by atoms with Crippen molar-refractivity contribution in [1.82, 2.24) is 15.5 Å². The number of carbonyl (C=O) groups excluding carboxylic acids is 2. The summed E-state index contributed by atoms with van der Waals surface area (Å²) < 4.78 is 5.70. The Bertz CT molecular complexity index is 778. The molecule has 0 aromatic heterocycles. The van der Waals surface area contributed by atoms with Crippen LogP contribution in [0.15, 0.2) is 18.2 Å². The summed E-state index contributed by atoms with van der Waals surface area (Å²) in [7, 11) is 0. The number of rotatable bonds is 8. The molecule has 166 valence electrons. The van der Waals surface area contributed by atoms with Crippen LogP contribution >= 0.6 is 11.6 Å². The zero-order chi connectivity index (χ0) is 22.4. The number of amides is 2. The molecule has 1 heterocycles. The van der Waals surface area contributed by atoms with Crippen LogP contribution in [-0.2, 0) is 9.53 Å². The largest absolute Gasteiger partial charge is 0.373 e. The molecule has 2 amide bonds. The number of hydrogen-bond acceptors (Lipinski definition) is 6. The summed E-state index contributed by atoms with van der Waals surface area (Å²) in [5.41, 5.74) is -0.126. The Hall–Kier alpha value is -2.23. The second kappa shape index (κ2) is 10.7. The normalized spacial score (nSPS) is 20.6. The summed E-state index contributed by atoms with van der Waals surface area (Å²) in [6.07, 6.45) is 0.303. The molecule has 1 aliphatic heterocycles. The second-order valence-corrected chi connectivity index (χ2v) is 8.33. The predicted octanol–water partition coefficient (Wildman–Crippen LogP) is 2.23. The highest BCUT2D eigenvalue weighted by molar-refractivity contribution is 6.34. The van der Waals surface area contributed by atoms with E-state index in [-0.39, 0.29) is 40.3 Å². The number of morpholine rings is 1. The number of non-ortho nitro benzene ring substituents is 1. The Labute approximate surface area is 181 Å². The lowest BCUT2D eigenvalue weighted by Crippen LogP contribution is -2.52. The van der Waals surface area contributed by atoms with Crippen molar-refractivity contribution in [1.29, 1.82) is 0 Å². The van der Waals surface area contributed by atoms with E-state index in [4.69, 9.17) is 16.3 Å². The summed E-state index contributed by atoms with van der Waals surface area (Å²) >= 11 is 6.02. The molecule has 0 spiro atoms. The van der Waals surface area contributed by atoms with Gasteiger partial charge in [0.05, 0.1) is 27.7 Å². The molecule has 1 aliphatic rings. The van der Waals surface area contributed by atoms with Gasteiger partial charge in [0.1, 0.15) is 6.04 Å². The van der Waals surface area contributed by atoms with Crippen molar-refractivity contribution in [2.45, 2.75) is 45.9 Å². The summed E-state index contributed by atoms with van der Waals surface area (Å²) in [6.45, 7) is 10.5. The van der Waals surface area contributed by atoms with E-state index in [9.17, 15) is 19.7 Å². The molecule has 2 N–H and O–H groups in total. The van der Waals surface area contributed by atoms with Crippen LogP contribution in [0, 0.1) is 16.0 Å². The molecule has 30 heavy (non-hydrogen) atoms. The quantitative estimate of drug-likeness (QED) is 0.473. The molecule has 0 bridgehead atoms. The Balaban J connectivity index is 1.94. The van der Waals surface area contributed by atoms with Crippen molar-refractivity contribution in [3.63, 3.8) is 0 Å². The van der Waals surface area contributed by atoms with E-state index in [0.29, 0.717) is 13.1 Å². The monoisotopic (exact) mass is 440 g/mol. The average molecular weight is 441 g/mol. The Morgan fingerprint density at radius 1 is 1.30 bits per heavy atom. The van der Waals surface area contributed by atoms with Gasteiger partial charge in [-0.2, -0.15) is 0 Å². The summed E-state index contributed by atoms with van der Waals surface area (Å²) in [6, 6.07) is 2.85. The molecule has 3 unspecified atom stereocenters. The lowest BCUT2D eigenvalue weighted by Gasteiger charge is -2.35. The molecule has 1 fully saturated rings. The number of nitro groups is 1. The number of hydrogen-bond donors (Lipinski definition) is 2. The SMILES string of the molecule is CC1CN(CCNC(=O)C(NC(=O)c2ccc([N+](=O)[O-])cc2Cl)C(C)C)CC(C)O1. The van der Waals surface area contributed by atoms with Crippen LogP contribution in [0.1, 0.15) is 38.1 Å². The van der Waals surface area contributed by atoms with Crippen LogP contribution in [0.5, 0.6) is 0 Å². The highest BCUT2D eigenvalue weighted by Gasteiger charge is 2.27. The fourth-order valence-corrected chi connectivity index (χ4v) is 3.73. The fraction of sp³-hybridized carbons (Fsp3) is 0.600. The number of benzene rings is 1. The molecule has 0 radical (unpaired) electrons. The van der Waals surface area contributed by atoms with Gasteiger partial charge in [0.2, 0.25) is 5.91 Å². The van der Waals surface area contributed by atoms with E-state index in [1.54, 1.807) is 0 Å². The van der Waals surface area contributed by atoms with Gasteiger partial charge >= 0.3 is 0 Å². The number of halogens is 1. The molecule has 1 saturated heterocycles. The minimum absolute atomic E-state index is 0.0415. The molecule has 2 rings (SSSR count). The minimum Gasteiger partial charge on any atom is -0.373 e. The standard InChI is InChI=1S/C20H29ClN4O5/c1-12(2)18(20(27)22-7-8-24-10-13(3)30-14(4)11-24)23-19(26)16-6-5-15(25(28)29)9-17(16)21/h5-6,9,12-14,18H,7-8,10-11H2,1-4H3,(H,22,27)(H,23,26). The second-order valence-electron chi connectivity index (χ2n) is 7.92. The van der Waals surface area contributed by atoms with Gasteiger partial charge < -0.3 is 15.4 Å². The van der Waals surface area contributed by atoms with E-state index in [2.05, 4.69) is 15.5 Å². The molecular weight excluding hydrogens is 412 g/mol. The number of nitrogens with one attached hydrogen (secondary N) is 2. The zero-order valence-electron chi connectivity index (χ0n) is 17.7. The maximum Gasteiger partial charge on any atom is 0.270 e. The van der Waals surface area contributed by atoms with Crippen LogP contribution < -0.4 is 10.6 Å². The van der Waals surface area contributed by atoms with E-state index in [0.717, 1.165) is 19.2 Å². The molecule has 1 aromatic carbocycles. The van der Waals surface area contributed by atoms with Crippen molar-refractivity contribution in [3.8, 4) is 0 Å². The third kappa shape index (κ3) is 6.65. The Kier molecular flexibility index (Phi) is 8.57. The molecule has 1 aromatic rings. The molecular formula is C20H29ClN4O5. The van der Waals surface area contributed by atoms with Crippen molar-refractivity contribution in [2.24, 2.45) is 5.92 Å². The van der Waals surface area contributed by atoms with Crippen molar-refractivity contribution < 1.29 is 19.2 Å². The number of nitrogens with zero attached hydrogens (tertiary/aromatic N) is 2. The van der Waals surface area contributed by atoms with E-state index >= 15 is 0 Å². The Morgan fingerprint density at radius 3 is 2.47 bits per heavy atom. The van der Waals surface area contributed by atoms with E-state index < -0.39 is 16.9 Å². The molecule has 10 heteroatoms. The third-order valence-electron chi connectivity index (χ3n) is 4.87. The predicted molar refractivity (Wildman–Crippen MR) is 114 cm³/mol. The van der Waals surface area contributed by atoms with Crippen molar-refractivity contribution in [2.75, 3.05) is 26.2 Å². The van der Waals surface area contributed by atoms with Crippen LogP contribution in [0.3, 0.4) is 0 Å². The van der Waals surface area contributed by atoms with Gasteiger partial charge in [-0.05, 0) is 25.8 Å². The van der Waals surface area contributed by atoms with Gasteiger partial charge in [0, 0.05) is 38.3 Å². The zero-order valence-corrected chi connectivity index (χ0v) is 18.4. The molecule has 0 aliphatic carbocycles. The number of ether oxygens (including phenoxy) is 1. The van der Waals surface area contributed by atoms with Gasteiger partial charge in [-0.1, -0.05) is 25.4 Å². The molecule has 0 saturated carbocycles. The van der Waals surface area contributed by atoms with Crippen LogP contribution in [0.2, 0.25) is 5.02 Å². The smallest absolute Gasteiger partial charge is 0.270 e. The Morgan fingerprint density at radius 2 is 1.93 bits per heavy atom. The van der Waals surface area contributed by atoms with Gasteiger partial charge in [0.15, 0.2) is 0 Å². The average Bonchev–Trinajstić information content (AvgIpc) is 2.64. The maximum atomic E-state index is 12.7. The lowest BCUT2D eigenvalue weighted by molar-refractivity contribution is -0.384. The number of carbonyl (C=O) groups is 2. The highest BCUT2D eigenvalue weighted by atomic mass is 35.5. The molecule has 9 nitrogen and oxygen atoms in total. The van der Waals surface area contributed by atoms with Crippen LogP contribution in [0.25, 0.3) is 0 Å². The maximum absolute atomic E-state index is 12.7. The lowest BCUT2D eigenvalue weighted by atomic mass is 10.0. The third-order valence-corrected chi connectivity index (χ3v) is 5.18. The first-order chi connectivity index (χ1) is 14.1. The van der Waals surface area contributed by atoms with Gasteiger partial charge in [-0.15, -0.1) is 0 Å². The molecule has 3 atom stereocenters. The van der Waals surface area contributed by atoms with Crippen LogP contribution in [-0.4, -0.2) is 66.1 Å². The highest BCUT2D eigenvalue weighted by Crippen LogP contribution is 2.22. The van der Waals surface area contributed by atoms with E-state index in [1.165, 1.54) is 12.1 Å². The first-order valence-electron chi connectivity index (χ1n) is 9.98. The van der Waals surface area contributed by atoms with E-state index in [1.807, 2.05) is 27.7 Å². The first-order valence-corrected chi connectivity index (χ1v) is 10.4. The summed E-state index contributed by atoms with van der Waals surface area (Å²) in [4.78, 5) is 37.7. The van der Waals surface area contributed by atoms with Gasteiger partial charge in [0.25, 0.3) is 11.6 Å². The minimum atomic E-state index is -0.758. The summed E-state index contributed by atoms with van der Waals surface area (Å²) in [5, 5.41) is 16.3. The summed E-state index contributed by atoms with van der Waals surface area (Å²) in [5.74, 6) is -1.00. The van der Waals surface area contributed by atoms with Crippen molar-refractivity contribution in [3.05, 3.63) is 38.9 Å². The fourth-order valence-electron chi connectivity index (χ4n) is 3.47. The van der Waals surface area contributed by atoms with Crippen LogP contribution in [0.4, 0.5) is 5.69 Å². The van der Waals surface area contributed by atoms with Crippen molar-refractivity contribution >= 4 is 29.1 Å². The van der Waals surface area contributed by atoms with Gasteiger partial charge in [-0.3, -0.25) is 24.6 Å². The van der Waals surface area contributed by atoms with Gasteiger partial charge in [-0.25, -0.2) is 0 Å².